The number of amides is 1. The van der Waals surface area contributed by atoms with Crippen LogP contribution in [0.4, 0.5) is 5.69 Å². The summed E-state index contributed by atoms with van der Waals surface area (Å²) in [5.74, 6) is -0.0752. The van der Waals surface area contributed by atoms with Crippen LogP contribution in [0.25, 0.3) is 12.2 Å². The number of thiophene rings is 1. The fourth-order valence-corrected chi connectivity index (χ4v) is 6.35. The van der Waals surface area contributed by atoms with Gasteiger partial charge >= 0.3 is 0 Å². The molecule has 9 heteroatoms. The molecule has 0 saturated carbocycles. The molecule has 1 fully saturated rings. The van der Waals surface area contributed by atoms with Crippen LogP contribution in [0, 0.1) is 12.8 Å². The highest BCUT2D eigenvalue weighted by Crippen LogP contribution is 2.30. The molecule has 7 nitrogen and oxygen atoms in total. The Bertz CT molecular complexity index is 1240. The van der Waals surface area contributed by atoms with Gasteiger partial charge in [0.15, 0.2) is 10.7 Å². The van der Waals surface area contributed by atoms with E-state index in [4.69, 9.17) is 4.52 Å². The quantitative estimate of drug-likeness (QED) is 0.518. The molecule has 4 rings (SSSR count). The second-order valence-electron chi connectivity index (χ2n) is 7.99. The summed E-state index contributed by atoms with van der Waals surface area (Å²) in [6.07, 6.45) is 5.21. The predicted molar refractivity (Wildman–Crippen MR) is 130 cm³/mol. The second-order valence-corrected chi connectivity index (χ2v) is 10.8. The van der Waals surface area contributed by atoms with E-state index in [0.29, 0.717) is 18.5 Å². The van der Waals surface area contributed by atoms with Gasteiger partial charge in [0.25, 0.3) is 0 Å². The molecule has 174 valence electrons. The highest BCUT2D eigenvalue weighted by atomic mass is 32.2. The lowest BCUT2D eigenvalue weighted by molar-refractivity contribution is -0.120. The maximum absolute atomic E-state index is 13.4. The van der Waals surface area contributed by atoms with Crippen molar-refractivity contribution in [2.24, 2.45) is 5.92 Å². The molecule has 0 radical (unpaired) electrons. The van der Waals surface area contributed by atoms with Crippen LogP contribution < -0.4 is 5.32 Å². The Kier molecular flexibility index (Phi) is 7.11. The number of aryl methyl sites for hydroxylation is 2. The van der Waals surface area contributed by atoms with Crippen molar-refractivity contribution in [2.75, 3.05) is 18.4 Å². The number of aromatic nitrogens is 1. The first kappa shape index (κ1) is 23.4. The van der Waals surface area contributed by atoms with E-state index in [1.54, 1.807) is 24.3 Å². The van der Waals surface area contributed by atoms with Crippen LogP contribution in [0.5, 0.6) is 0 Å². The van der Waals surface area contributed by atoms with Crippen molar-refractivity contribution in [2.45, 2.75) is 38.0 Å². The molecular weight excluding hydrogens is 458 g/mol. The van der Waals surface area contributed by atoms with Gasteiger partial charge in [-0.15, -0.1) is 11.3 Å². The van der Waals surface area contributed by atoms with Crippen LogP contribution in [0.3, 0.4) is 0 Å². The number of sulfonamides is 1. The van der Waals surface area contributed by atoms with E-state index in [2.05, 4.69) is 10.5 Å². The zero-order valence-corrected chi connectivity index (χ0v) is 20.3. The van der Waals surface area contributed by atoms with Crippen molar-refractivity contribution in [1.82, 2.24) is 9.46 Å². The lowest BCUT2D eigenvalue weighted by atomic mass is 9.97. The summed E-state index contributed by atoms with van der Waals surface area (Å²) in [6, 6.07) is 11.6. The van der Waals surface area contributed by atoms with Crippen molar-refractivity contribution in [3.8, 4) is 0 Å². The van der Waals surface area contributed by atoms with E-state index in [0.717, 1.165) is 22.5 Å². The smallest absolute Gasteiger partial charge is 0.248 e. The Hall–Kier alpha value is -2.75. The van der Waals surface area contributed by atoms with E-state index in [1.807, 2.05) is 54.8 Å². The Balaban J connectivity index is 1.44. The number of nitrogens with zero attached hydrogens (tertiary/aromatic N) is 2. The normalized spacial score (nSPS) is 15.8. The zero-order valence-electron chi connectivity index (χ0n) is 18.7. The molecule has 1 amide bonds. The molecule has 1 N–H and O–H groups in total. The number of carbonyl (C=O) groups is 1. The van der Waals surface area contributed by atoms with E-state index in [9.17, 15) is 13.2 Å². The number of benzene rings is 1. The molecular formula is C24H27N3O4S2. The van der Waals surface area contributed by atoms with Crippen LogP contribution >= 0.6 is 11.3 Å². The number of anilines is 1. The van der Waals surface area contributed by atoms with Gasteiger partial charge in [-0.05, 0) is 61.4 Å². The van der Waals surface area contributed by atoms with Gasteiger partial charge in [-0.2, -0.15) is 4.31 Å². The topological polar surface area (TPSA) is 92.5 Å². The molecule has 0 atom stereocenters. The number of nitrogens with one attached hydrogen (secondary N) is 1. The highest BCUT2D eigenvalue weighted by molar-refractivity contribution is 7.89. The minimum Gasteiger partial charge on any atom is -0.355 e. The Labute approximate surface area is 198 Å². The third-order valence-electron chi connectivity index (χ3n) is 5.85. The standard InChI is InChI=1S/C24H27N3O4S2/c1-3-18-7-4-5-9-21(18)25-24(28)19-12-14-27(15-13-19)33(29,30)23-17(2)26-31-22(23)11-10-20-8-6-16-32-20/h4-11,16,19H,3,12-15H2,1-2H3,(H,25,28). The molecule has 3 heterocycles. The van der Waals surface area contributed by atoms with E-state index >= 15 is 0 Å². The molecule has 1 aliphatic rings. The molecule has 0 aliphatic carbocycles. The van der Waals surface area contributed by atoms with Crippen LogP contribution in [-0.4, -0.2) is 36.9 Å². The van der Waals surface area contributed by atoms with Gasteiger partial charge < -0.3 is 9.84 Å². The molecule has 0 unspecified atom stereocenters. The number of hydrogen-bond acceptors (Lipinski definition) is 6. The zero-order chi connectivity index (χ0) is 23.4. The fourth-order valence-electron chi connectivity index (χ4n) is 4.02. The Morgan fingerprint density at radius 3 is 2.67 bits per heavy atom. The molecule has 1 aromatic carbocycles. The summed E-state index contributed by atoms with van der Waals surface area (Å²) in [6.45, 7) is 4.22. The maximum Gasteiger partial charge on any atom is 0.248 e. The van der Waals surface area contributed by atoms with Gasteiger partial charge in [0.05, 0.1) is 0 Å². The number of rotatable bonds is 7. The first-order valence-electron chi connectivity index (χ1n) is 11.0. The summed E-state index contributed by atoms with van der Waals surface area (Å²) < 4.78 is 33.5. The molecule has 1 aliphatic heterocycles. The number of hydrogen-bond donors (Lipinski definition) is 1. The minimum absolute atomic E-state index is 0.0614. The van der Waals surface area contributed by atoms with Crippen LogP contribution in [0.15, 0.2) is 51.2 Å². The predicted octanol–water partition coefficient (Wildman–Crippen LogP) is 4.82. The van der Waals surface area contributed by atoms with Crippen molar-refractivity contribution >= 4 is 45.1 Å². The third kappa shape index (κ3) is 5.10. The first-order chi connectivity index (χ1) is 15.9. The first-order valence-corrected chi connectivity index (χ1v) is 13.3. The monoisotopic (exact) mass is 485 g/mol. The fraction of sp³-hybridized carbons (Fsp3) is 0.333. The summed E-state index contributed by atoms with van der Waals surface area (Å²) in [5, 5.41) is 8.86. The summed E-state index contributed by atoms with van der Waals surface area (Å²) in [4.78, 5) is 13.9. The van der Waals surface area contributed by atoms with E-state index in [-0.39, 0.29) is 35.6 Å². The van der Waals surface area contributed by atoms with Gasteiger partial charge in [0, 0.05) is 29.6 Å². The average molecular weight is 486 g/mol. The number of carbonyl (C=O) groups excluding carboxylic acids is 1. The summed E-state index contributed by atoms with van der Waals surface area (Å²) >= 11 is 1.55. The van der Waals surface area contributed by atoms with Gasteiger partial charge in [-0.3, -0.25) is 4.79 Å². The lowest BCUT2D eigenvalue weighted by Crippen LogP contribution is -2.41. The number of para-hydroxylation sites is 1. The summed E-state index contributed by atoms with van der Waals surface area (Å²) in [5.41, 5.74) is 2.23. The van der Waals surface area contributed by atoms with Gasteiger partial charge in [0.2, 0.25) is 15.9 Å². The molecule has 0 bridgehead atoms. The van der Waals surface area contributed by atoms with Crippen LogP contribution in [0.1, 0.15) is 41.7 Å². The van der Waals surface area contributed by atoms with Gasteiger partial charge in [-0.25, -0.2) is 8.42 Å². The highest BCUT2D eigenvalue weighted by Gasteiger charge is 2.36. The molecule has 33 heavy (non-hydrogen) atoms. The van der Waals surface area contributed by atoms with Crippen molar-refractivity contribution in [3.63, 3.8) is 0 Å². The molecule has 2 aromatic heterocycles. The molecule has 3 aromatic rings. The third-order valence-corrected chi connectivity index (χ3v) is 8.75. The summed E-state index contributed by atoms with van der Waals surface area (Å²) in [7, 11) is -3.79. The second kappa shape index (κ2) is 10.0. The van der Waals surface area contributed by atoms with Gasteiger partial charge in [0.1, 0.15) is 5.69 Å². The molecule has 0 spiro atoms. The number of piperidine rings is 1. The van der Waals surface area contributed by atoms with Gasteiger partial charge in [-0.1, -0.05) is 36.3 Å². The minimum atomic E-state index is -3.79. The Morgan fingerprint density at radius 1 is 1.21 bits per heavy atom. The van der Waals surface area contributed by atoms with E-state index < -0.39 is 10.0 Å². The molecule has 1 saturated heterocycles. The van der Waals surface area contributed by atoms with Crippen LogP contribution in [-0.2, 0) is 21.2 Å². The Morgan fingerprint density at radius 2 is 1.97 bits per heavy atom. The van der Waals surface area contributed by atoms with Crippen molar-refractivity contribution < 1.29 is 17.7 Å². The van der Waals surface area contributed by atoms with Crippen LogP contribution in [0.2, 0.25) is 0 Å². The SMILES string of the molecule is CCc1ccccc1NC(=O)C1CCN(S(=O)(=O)c2c(C)noc2C=Cc2cccs2)CC1. The lowest BCUT2D eigenvalue weighted by Gasteiger charge is -2.30. The largest absolute Gasteiger partial charge is 0.355 e. The van der Waals surface area contributed by atoms with Crippen molar-refractivity contribution in [1.29, 1.82) is 0 Å². The van der Waals surface area contributed by atoms with Crippen molar-refractivity contribution in [3.05, 3.63) is 63.7 Å². The average Bonchev–Trinajstić information content (AvgIpc) is 3.47. The van der Waals surface area contributed by atoms with E-state index in [1.165, 1.54) is 4.31 Å². The maximum atomic E-state index is 13.4.